The number of benzene rings is 3. The van der Waals surface area contributed by atoms with Crippen LogP contribution in [0.3, 0.4) is 0 Å². The van der Waals surface area contributed by atoms with Gasteiger partial charge in [-0.2, -0.15) is 0 Å². The molecule has 0 radical (unpaired) electrons. The second-order valence-corrected chi connectivity index (χ2v) is 8.52. The molecule has 0 aromatic heterocycles. The standard InChI is InChI=1S/C22H17ClN2O6S/c23-18-11-8-16(12-20(18)32(24,29)30)22(28)31-13-19(26)14-6-9-17(10-7-14)25-21(27)15-4-2-1-3-5-15/h1-12H,13H2,(H,25,27)(H2,24,29,30). The van der Waals surface area contributed by atoms with Crippen molar-refractivity contribution in [1.82, 2.24) is 0 Å². The summed E-state index contributed by atoms with van der Waals surface area (Å²) in [6.07, 6.45) is 0. The third-order valence-electron chi connectivity index (χ3n) is 4.31. The number of sulfonamides is 1. The van der Waals surface area contributed by atoms with Crippen molar-refractivity contribution in [1.29, 1.82) is 0 Å². The van der Waals surface area contributed by atoms with Crippen LogP contribution in [0.15, 0.2) is 77.7 Å². The molecule has 3 rings (SSSR count). The lowest BCUT2D eigenvalue weighted by Gasteiger charge is -2.08. The summed E-state index contributed by atoms with van der Waals surface area (Å²) in [6.45, 7) is -0.568. The SMILES string of the molecule is NS(=O)(=O)c1cc(C(=O)OCC(=O)c2ccc(NC(=O)c3ccccc3)cc2)ccc1Cl. The van der Waals surface area contributed by atoms with Crippen LogP contribution in [0.5, 0.6) is 0 Å². The molecule has 0 bridgehead atoms. The zero-order valence-corrected chi connectivity index (χ0v) is 18.0. The Morgan fingerprint density at radius 2 is 1.50 bits per heavy atom. The molecule has 3 aromatic carbocycles. The highest BCUT2D eigenvalue weighted by molar-refractivity contribution is 7.89. The number of anilines is 1. The predicted octanol–water partition coefficient (Wildman–Crippen LogP) is 3.28. The highest BCUT2D eigenvalue weighted by Crippen LogP contribution is 2.22. The van der Waals surface area contributed by atoms with Gasteiger partial charge >= 0.3 is 5.97 Å². The fourth-order valence-corrected chi connectivity index (χ4v) is 3.75. The van der Waals surface area contributed by atoms with E-state index in [1.54, 1.807) is 42.5 Å². The van der Waals surface area contributed by atoms with Gasteiger partial charge in [-0.25, -0.2) is 18.4 Å². The zero-order chi connectivity index (χ0) is 23.3. The number of carbonyl (C=O) groups excluding carboxylic acids is 3. The number of hydrogen-bond donors (Lipinski definition) is 2. The molecule has 3 N–H and O–H groups in total. The molecular formula is C22H17ClN2O6S. The Labute approximate surface area is 189 Å². The normalized spacial score (nSPS) is 10.9. The van der Waals surface area contributed by atoms with E-state index < -0.39 is 33.3 Å². The first-order valence-corrected chi connectivity index (χ1v) is 11.1. The molecule has 0 aliphatic heterocycles. The molecule has 0 fully saturated rings. The van der Waals surface area contributed by atoms with Crippen molar-refractivity contribution in [2.45, 2.75) is 4.90 Å². The lowest BCUT2D eigenvalue weighted by Crippen LogP contribution is -2.16. The van der Waals surface area contributed by atoms with Crippen LogP contribution in [-0.4, -0.2) is 32.7 Å². The van der Waals surface area contributed by atoms with E-state index >= 15 is 0 Å². The maximum absolute atomic E-state index is 12.3. The Morgan fingerprint density at radius 1 is 0.875 bits per heavy atom. The number of hydrogen-bond acceptors (Lipinski definition) is 6. The molecular weight excluding hydrogens is 456 g/mol. The number of carbonyl (C=O) groups is 3. The molecule has 0 heterocycles. The molecule has 0 aliphatic rings. The van der Waals surface area contributed by atoms with Gasteiger partial charge in [0.15, 0.2) is 12.4 Å². The first-order valence-electron chi connectivity index (χ1n) is 9.14. The summed E-state index contributed by atoms with van der Waals surface area (Å²) in [6, 6.07) is 18.1. The fraction of sp³-hybridized carbons (Fsp3) is 0.0455. The van der Waals surface area contributed by atoms with Crippen molar-refractivity contribution in [3.05, 3.63) is 94.5 Å². The third kappa shape index (κ3) is 5.79. The monoisotopic (exact) mass is 472 g/mol. The van der Waals surface area contributed by atoms with Crippen molar-refractivity contribution in [2.24, 2.45) is 5.14 Å². The lowest BCUT2D eigenvalue weighted by molar-refractivity contribution is 0.0474. The molecule has 0 atom stereocenters. The number of rotatable bonds is 7. The number of halogens is 1. The molecule has 8 nitrogen and oxygen atoms in total. The van der Waals surface area contributed by atoms with Gasteiger partial charge in [-0.05, 0) is 54.6 Å². The summed E-state index contributed by atoms with van der Waals surface area (Å²) in [5.41, 5.74) is 1.12. The van der Waals surface area contributed by atoms with Gasteiger partial charge in [0.05, 0.1) is 10.6 Å². The summed E-state index contributed by atoms with van der Waals surface area (Å²) < 4.78 is 28.0. The number of Topliss-reactive ketones (excluding diaryl/α,β-unsaturated/α-hetero) is 1. The van der Waals surface area contributed by atoms with Crippen molar-refractivity contribution in [3.8, 4) is 0 Å². The maximum Gasteiger partial charge on any atom is 0.338 e. The lowest BCUT2D eigenvalue weighted by atomic mass is 10.1. The molecule has 0 aliphatic carbocycles. The van der Waals surface area contributed by atoms with E-state index in [-0.39, 0.29) is 22.1 Å². The molecule has 0 saturated carbocycles. The zero-order valence-electron chi connectivity index (χ0n) is 16.4. The van der Waals surface area contributed by atoms with Crippen LogP contribution in [0, 0.1) is 0 Å². The second-order valence-electron chi connectivity index (χ2n) is 6.59. The van der Waals surface area contributed by atoms with E-state index in [1.807, 2.05) is 0 Å². The molecule has 32 heavy (non-hydrogen) atoms. The minimum Gasteiger partial charge on any atom is -0.454 e. The fourth-order valence-electron chi connectivity index (χ4n) is 2.68. The van der Waals surface area contributed by atoms with Crippen LogP contribution < -0.4 is 10.5 Å². The van der Waals surface area contributed by atoms with E-state index in [0.717, 1.165) is 6.07 Å². The highest BCUT2D eigenvalue weighted by atomic mass is 35.5. The number of ether oxygens (including phenoxy) is 1. The maximum atomic E-state index is 12.3. The van der Waals surface area contributed by atoms with E-state index in [1.165, 1.54) is 24.3 Å². The number of amides is 1. The van der Waals surface area contributed by atoms with E-state index in [4.69, 9.17) is 21.5 Å². The van der Waals surface area contributed by atoms with Gasteiger partial charge in [0.25, 0.3) is 5.91 Å². The molecule has 0 saturated heterocycles. The second kappa shape index (κ2) is 9.73. The van der Waals surface area contributed by atoms with Crippen molar-refractivity contribution < 1.29 is 27.5 Å². The summed E-state index contributed by atoms with van der Waals surface area (Å²) in [4.78, 5) is 36.2. The van der Waals surface area contributed by atoms with Crippen LogP contribution in [0.1, 0.15) is 31.1 Å². The molecule has 3 aromatic rings. The molecule has 10 heteroatoms. The first-order chi connectivity index (χ1) is 15.1. The van der Waals surface area contributed by atoms with Gasteiger partial charge in [-0.3, -0.25) is 9.59 Å². The number of esters is 1. The number of nitrogens with two attached hydrogens (primary N) is 1. The Balaban J connectivity index is 1.60. The van der Waals surface area contributed by atoms with Crippen molar-refractivity contribution >= 4 is 45.0 Å². The van der Waals surface area contributed by atoms with Crippen LogP contribution in [-0.2, 0) is 14.8 Å². The van der Waals surface area contributed by atoms with Crippen LogP contribution in [0.2, 0.25) is 5.02 Å². The molecule has 1 amide bonds. The average molecular weight is 473 g/mol. The van der Waals surface area contributed by atoms with Gasteiger partial charge in [0.1, 0.15) is 4.90 Å². The van der Waals surface area contributed by atoms with Crippen LogP contribution >= 0.6 is 11.6 Å². The van der Waals surface area contributed by atoms with Gasteiger partial charge in [-0.15, -0.1) is 0 Å². The Hall–Kier alpha value is -3.53. The van der Waals surface area contributed by atoms with Gasteiger partial charge in [0, 0.05) is 16.8 Å². The van der Waals surface area contributed by atoms with Gasteiger partial charge in [-0.1, -0.05) is 29.8 Å². The van der Waals surface area contributed by atoms with E-state index in [0.29, 0.717) is 11.3 Å². The first kappa shape index (κ1) is 23.1. The molecule has 164 valence electrons. The Kier molecular flexibility index (Phi) is 7.04. The summed E-state index contributed by atoms with van der Waals surface area (Å²) in [7, 11) is -4.13. The van der Waals surface area contributed by atoms with E-state index in [9.17, 15) is 22.8 Å². The average Bonchev–Trinajstić information content (AvgIpc) is 2.77. The minimum atomic E-state index is -4.13. The van der Waals surface area contributed by atoms with Gasteiger partial charge < -0.3 is 10.1 Å². The highest BCUT2D eigenvalue weighted by Gasteiger charge is 2.18. The minimum absolute atomic E-state index is 0.120. The predicted molar refractivity (Wildman–Crippen MR) is 118 cm³/mol. The molecule has 0 unspecified atom stereocenters. The van der Waals surface area contributed by atoms with E-state index in [2.05, 4.69) is 5.32 Å². The summed E-state index contributed by atoms with van der Waals surface area (Å²) in [5, 5.41) is 7.63. The third-order valence-corrected chi connectivity index (χ3v) is 5.70. The van der Waals surface area contributed by atoms with Crippen LogP contribution in [0.4, 0.5) is 5.69 Å². The Bertz CT molecular complexity index is 1280. The smallest absolute Gasteiger partial charge is 0.338 e. The number of primary sulfonamides is 1. The van der Waals surface area contributed by atoms with Crippen LogP contribution in [0.25, 0.3) is 0 Å². The topological polar surface area (TPSA) is 133 Å². The quantitative estimate of drug-likeness (QED) is 0.400. The van der Waals surface area contributed by atoms with Gasteiger partial charge in [0.2, 0.25) is 10.0 Å². The van der Waals surface area contributed by atoms with Crippen molar-refractivity contribution in [3.63, 3.8) is 0 Å². The summed E-state index contributed by atoms with van der Waals surface area (Å²) in [5.74, 6) is -1.69. The largest absolute Gasteiger partial charge is 0.454 e. The summed E-state index contributed by atoms with van der Waals surface area (Å²) >= 11 is 5.78. The number of nitrogens with one attached hydrogen (secondary N) is 1. The molecule has 0 spiro atoms. The Morgan fingerprint density at radius 3 is 2.12 bits per heavy atom. The van der Waals surface area contributed by atoms with Crippen molar-refractivity contribution in [2.75, 3.05) is 11.9 Å². The number of ketones is 1.